The standard InChI is InChI=1S/C15H16Cl2N2O2/c1-15(9-2-3-9)14(21)19(7-6-13(20)18-15)12-8-10(16)4-5-11(12)17/h4-5,8-9H,2-3,6-7H2,1H3,(H,18,20). The highest BCUT2D eigenvalue weighted by Crippen LogP contribution is 2.42. The molecule has 112 valence electrons. The van der Waals surface area contributed by atoms with Crippen LogP contribution in [-0.2, 0) is 9.59 Å². The molecule has 0 spiro atoms. The zero-order valence-electron chi connectivity index (χ0n) is 11.7. The molecule has 2 amide bonds. The van der Waals surface area contributed by atoms with Gasteiger partial charge in [0.25, 0.3) is 5.91 Å². The molecule has 6 heteroatoms. The molecule has 21 heavy (non-hydrogen) atoms. The zero-order chi connectivity index (χ0) is 15.2. The van der Waals surface area contributed by atoms with Gasteiger partial charge in [-0.2, -0.15) is 0 Å². The summed E-state index contributed by atoms with van der Waals surface area (Å²) in [6.45, 7) is 2.12. The molecule has 1 saturated carbocycles. The minimum Gasteiger partial charge on any atom is -0.342 e. The summed E-state index contributed by atoms with van der Waals surface area (Å²) in [6.07, 6.45) is 2.18. The first kappa shape index (κ1) is 14.7. The third-order valence-corrected chi connectivity index (χ3v) is 4.80. The highest BCUT2D eigenvalue weighted by molar-refractivity contribution is 6.36. The zero-order valence-corrected chi connectivity index (χ0v) is 13.2. The highest BCUT2D eigenvalue weighted by atomic mass is 35.5. The normalized spacial score (nSPS) is 26.5. The topological polar surface area (TPSA) is 49.4 Å². The first-order chi connectivity index (χ1) is 9.91. The van der Waals surface area contributed by atoms with Crippen molar-refractivity contribution in [3.63, 3.8) is 0 Å². The van der Waals surface area contributed by atoms with Crippen molar-refractivity contribution in [2.24, 2.45) is 5.92 Å². The van der Waals surface area contributed by atoms with Crippen LogP contribution in [0.1, 0.15) is 26.2 Å². The van der Waals surface area contributed by atoms with Crippen LogP contribution in [0.3, 0.4) is 0 Å². The Hall–Kier alpha value is -1.26. The Kier molecular flexibility index (Phi) is 3.62. The predicted octanol–water partition coefficient (Wildman–Crippen LogP) is 3.02. The number of anilines is 1. The van der Waals surface area contributed by atoms with Gasteiger partial charge in [-0.1, -0.05) is 23.2 Å². The molecule has 2 aliphatic rings. The SMILES string of the molecule is CC1(C2CC2)NC(=O)CCN(c2cc(Cl)ccc2Cl)C1=O. The first-order valence-electron chi connectivity index (χ1n) is 7.00. The molecule has 1 aromatic carbocycles. The average molecular weight is 327 g/mol. The van der Waals surface area contributed by atoms with E-state index in [9.17, 15) is 9.59 Å². The molecule has 1 heterocycles. The van der Waals surface area contributed by atoms with Gasteiger partial charge in [0, 0.05) is 18.0 Å². The fourth-order valence-corrected chi connectivity index (χ4v) is 3.25. The van der Waals surface area contributed by atoms with Crippen molar-refractivity contribution in [1.82, 2.24) is 5.32 Å². The molecular formula is C15H16Cl2N2O2. The molecule has 1 unspecified atom stereocenters. The Balaban J connectivity index is 2.02. The van der Waals surface area contributed by atoms with Crippen LogP contribution in [0.15, 0.2) is 18.2 Å². The van der Waals surface area contributed by atoms with Gasteiger partial charge in [-0.25, -0.2) is 0 Å². The van der Waals surface area contributed by atoms with Gasteiger partial charge < -0.3 is 10.2 Å². The van der Waals surface area contributed by atoms with Crippen LogP contribution in [0.5, 0.6) is 0 Å². The fourth-order valence-electron chi connectivity index (χ4n) is 2.86. The van der Waals surface area contributed by atoms with Crippen LogP contribution in [0, 0.1) is 5.92 Å². The maximum Gasteiger partial charge on any atom is 0.252 e. The van der Waals surface area contributed by atoms with E-state index in [1.54, 1.807) is 23.1 Å². The third-order valence-electron chi connectivity index (χ3n) is 4.24. The maximum atomic E-state index is 13.0. The van der Waals surface area contributed by atoms with Gasteiger partial charge in [-0.15, -0.1) is 0 Å². The van der Waals surface area contributed by atoms with Gasteiger partial charge in [-0.05, 0) is 43.9 Å². The van der Waals surface area contributed by atoms with Crippen molar-refractivity contribution < 1.29 is 9.59 Å². The van der Waals surface area contributed by atoms with E-state index in [1.807, 2.05) is 6.92 Å². The van der Waals surface area contributed by atoms with Crippen molar-refractivity contribution in [1.29, 1.82) is 0 Å². The number of halogens is 2. The van der Waals surface area contributed by atoms with Gasteiger partial charge in [0.1, 0.15) is 5.54 Å². The second kappa shape index (κ2) is 5.18. The number of nitrogens with one attached hydrogen (secondary N) is 1. The van der Waals surface area contributed by atoms with Crippen molar-refractivity contribution in [2.75, 3.05) is 11.4 Å². The molecular weight excluding hydrogens is 311 g/mol. The van der Waals surface area contributed by atoms with Gasteiger partial charge in [0.2, 0.25) is 5.91 Å². The van der Waals surface area contributed by atoms with Crippen LogP contribution >= 0.6 is 23.2 Å². The van der Waals surface area contributed by atoms with E-state index in [0.717, 1.165) is 12.8 Å². The quantitative estimate of drug-likeness (QED) is 0.908. The smallest absolute Gasteiger partial charge is 0.252 e. The fraction of sp³-hybridized carbons (Fsp3) is 0.467. The number of carbonyl (C=O) groups excluding carboxylic acids is 2. The molecule has 1 saturated heterocycles. The summed E-state index contributed by atoms with van der Waals surface area (Å²) in [5.74, 6) is -0.00840. The highest BCUT2D eigenvalue weighted by Gasteiger charge is 2.51. The Morgan fingerprint density at radius 3 is 2.67 bits per heavy atom. The lowest BCUT2D eigenvalue weighted by atomic mass is 9.94. The molecule has 0 aromatic heterocycles. The molecule has 1 aliphatic carbocycles. The summed E-state index contributed by atoms with van der Waals surface area (Å²) in [6, 6.07) is 5.02. The lowest BCUT2D eigenvalue weighted by Gasteiger charge is -2.32. The van der Waals surface area contributed by atoms with Crippen LogP contribution in [0.25, 0.3) is 0 Å². The first-order valence-corrected chi connectivity index (χ1v) is 7.75. The Morgan fingerprint density at radius 1 is 1.29 bits per heavy atom. The Labute approximate surface area is 133 Å². The summed E-state index contributed by atoms with van der Waals surface area (Å²) in [5, 5.41) is 3.87. The van der Waals surface area contributed by atoms with Gasteiger partial charge in [-0.3, -0.25) is 9.59 Å². The summed E-state index contributed by atoms with van der Waals surface area (Å²) in [5.41, 5.74) is -0.281. The number of hydrogen-bond acceptors (Lipinski definition) is 2. The number of hydrogen-bond donors (Lipinski definition) is 1. The lowest BCUT2D eigenvalue weighted by Crippen LogP contribution is -2.57. The lowest BCUT2D eigenvalue weighted by molar-refractivity contribution is -0.130. The molecule has 2 fully saturated rings. The molecule has 1 aromatic rings. The molecule has 0 radical (unpaired) electrons. The summed E-state index contributed by atoms with van der Waals surface area (Å²) in [4.78, 5) is 26.5. The van der Waals surface area contributed by atoms with E-state index in [-0.39, 0.29) is 24.2 Å². The number of carbonyl (C=O) groups is 2. The maximum absolute atomic E-state index is 13.0. The van der Waals surface area contributed by atoms with E-state index < -0.39 is 5.54 Å². The van der Waals surface area contributed by atoms with Crippen LogP contribution in [0.4, 0.5) is 5.69 Å². The molecule has 3 rings (SSSR count). The van der Waals surface area contributed by atoms with Gasteiger partial charge in [0.15, 0.2) is 0 Å². The van der Waals surface area contributed by atoms with E-state index in [1.165, 1.54) is 0 Å². The minimum atomic E-state index is -0.848. The van der Waals surface area contributed by atoms with Gasteiger partial charge in [0.05, 0.1) is 10.7 Å². The Morgan fingerprint density at radius 2 is 2.00 bits per heavy atom. The van der Waals surface area contributed by atoms with Crippen molar-refractivity contribution >= 4 is 40.7 Å². The van der Waals surface area contributed by atoms with Crippen molar-refractivity contribution in [2.45, 2.75) is 31.7 Å². The molecule has 4 nitrogen and oxygen atoms in total. The second-order valence-electron chi connectivity index (χ2n) is 5.83. The summed E-state index contributed by atoms with van der Waals surface area (Å²) >= 11 is 12.2. The van der Waals surface area contributed by atoms with Crippen LogP contribution in [-0.4, -0.2) is 23.9 Å². The largest absolute Gasteiger partial charge is 0.342 e. The van der Waals surface area contributed by atoms with Crippen LogP contribution in [0.2, 0.25) is 10.0 Å². The van der Waals surface area contributed by atoms with Gasteiger partial charge >= 0.3 is 0 Å². The number of rotatable bonds is 2. The van der Waals surface area contributed by atoms with E-state index in [2.05, 4.69) is 5.32 Å². The van der Waals surface area contributed by atoms with E-state index in [4.69, 9.17) is 23.2 Å². The number of nitrogens with zero attached hydrogens (tertiary/aromatic N) is 1. The molecule has 1 aliphatic heterocycles. The second-order valence-corrected chi connectivity index (χ2v) is 6.67. The van der Waals surface area contributed by atoms with Crippen LogP contribution < -0.4 is 10.2 Å². The summed E-state index contributed by atoms with van der Waals surface area (Å²) in [7, 11) is 0. The Bertz CT molecular complexity index is 616. The van der Waals surface area contributed by atoms with E-state index >= 15 is 0 Å². The molecule has 1 N–H and O–H groups in total. The monoisotopic (exact) mass is 326 g/mol. The molecule has 0 bridgehead atoms. The molecule has 1 atom stereocenters. The third kappa shape index (κ3) is 2.62. The number of benzene rings is 1. The van der Waals surface area contributed by atoms with Crippen molar-refractivity contribution in [3.8, 4) is 0 Å². The predicted molar refractivity (Wildman–Crippen MR) is 82.7 cm³/mol. The number of amides is 2. The van der Waals surface area contributed by atoms with Crippen molar-refractivity contribution in [3.05, 3.63) is 28.2 Å². The van der Waals surface area contributed by atoms with E-state index in [0.29, 0.717) is 22.3 Å². The summed E-state index contributed by atoms with van der Waals surface area (Å²) < 4.78 is 0. The minimum absolute atomic E-state index is 0.0987. The average Bonchev–Trinajstić information content (AvgIpc) is 3.26.